The van der Waals surface area contributed by atoms with Crippen LogP contribution in [0.5, 0.6) is 0 Å². The van der Waals surface area contributed by atoms with Crippen LogP contribution in [0.2, 0.25) is 0 Å². The van der Waals surface area contributed by atoms with Crippen molar-refractivity contribution in [2.24, 2.45) is 0 Å². The molecule has 1 fully saturated rings. The molecule has 21 heavy (non-hydrogen) atoms. The molecule has 2 N–H and O–H groups in total. The van der Waals surface area contributed by atoms with E-state index in [2.05, 4.69) is 63.5 Å². The molecule has 0 spiro atoms. The molecule has 0 saturated carbocycles. The van der Waals surface area contributed by atoms with Gasteiger partial charge in [0.1, 0.15) is 5.82 Å². The number of H-pyrrole nitrogens is 1. The number of aromatic amines is 1. The van der Waals surface area contributed by atoms with Crippen molar-refractivity contribution >= 4 is 5.95 Å². The zero-order valence-corrected chi connectivity index (χ0v) is 12.8. The zero-order chi connectivity index (χ0) is 14.7. The van der Waals surface area contributed by atoms with Crippen molar-refractivity contribution in [3.8, 4) is 0 Å². The Morgan fingerprint density at radius 3 is 3.05 bits per heavy atom. The number of hydrogen-bond donors (Lipinski definition) is 2. The van der Waals surface area contributed by atoms with Crippen LogP contribution >= 0.6 is 0 Å². The highest BCUT2D eigenvalue weighted by atomic mass is 15.4. The summed E-state index contributed by atoms with van der Waals surface area (Å²) >= 11 is 0. The third-order valence-corrected chi connectivity index (χ3v) is 3.90. The molecule has 112 valence electrons. The summed E-state index contributed by atoms with van der Waals surface area (Å²) in [4.78, 5) is 6.88. The maximum absolute atomic E-state index is 4.64. The second-order valence-corrected chi connectivity index (χ2v) is 5.87. The van der Waals surface area contributed by atoms with E-state index >= 15 is 0 Å². The number of aromatic nitrogens is 3. The quantitative estimate of drug-likeness (QED) is 0.897. The number of nitrogens with zero attached hydrogens (tertiary/aromatic N) is 3. The number of piperazine rings is 1. The minimum atomic E-state index is 0.494. The van der Waals surface area contributed by atoms with Gasteiger partial charge in [0.05, 0.1) is 0 Å². The van der Waals surface area contributed by atoms with Crippen LogP contribution in [0.25, 0.3) is 0 Å². The van der Waals surface area contributed by atoms with Gasteiger partial charge in [-0.05, 0) is 25.8 Å². The van der Waals surface area contributed by atoms with E-state index in [1.165, 1.54) is 11.1 Å². The molecule has 0 aliphatic carbocycles. The topological polar surface area (TPSA) is 56.8 Å². The summed E-state index contributed by atoms with van der Waals surface area (Å²) in [6.45, 7) is 7.25. The van der Waals surface area contributed by atoms with Gasteiger partial charge in [-0.2, -0.15) is 4.98 Å². The van der Waals surface area contributed by atoms with Crippen LogP contribution in [-0.2, 0) is 12.8 Å². The number of anilines is 1. The van der Waals surface area contributed by atoms with E-state index in [0.29, 0.717) is 6.04 Å². The van der Waals surface area contributed by atoms with Gasteiger partial charge in [-0.3, -0.25) is 5.10 Å². The lowest BCUT2D eigenvalue weighted by Crippen LogP contribution is -2.49. The Labute approximate surface area is 125 Å². The van der Waals surface area contributed by atoms with Gasteiger partial charge < -0.3 is 10.2 Å². The van der Waals surface area contributed by atoms with Crippen molar-refractivity contribution < 1.29 is 0 Å². The van der Waals surface area contributed by atoms with Gasteiger partial charge in [-0.15, -0.1) is 5.10 Å². The Morgan fingerprint density at radius 2 is 2.24 bits per heavy atom. The first-order valence-electron chi connectivity index (χ1n) is 7.66. The van der Waals surface area contributed by atoms with Crippen LogP contribution in [0.15, 0.2) is 24.3 Å². The maximum Gasteiger partial charge on any atom is 0.244 e. The molecule has 0 amide bonds. The third kappa shape index (κ3) is 3.61. The molecule has 1 atom stereocenters. The lowest BCUT2D eigenvalue weighted by molar-refractivity contribution is 0.479. The van der Waals surface area contributed by atoms with Crippen molar-refractivity contribution in [2.75, 3.05) is 24.5 Å². The lowest BCUT2D eigenvalue weighted by atomic mass is 10.1. The molecule has 1 aliphatic heterocycles. The number of hydrogen-bond acceptors (Lipinski definition) is 4. The summed E-state index contributed by atoms with van der Waals surface area (Å²) < 4.78 is 0. The molecule has 5 heteroatoms. The predicted octanol–water partition coefficient (Wildman–Crippen LogP) is 1.70. The Kier molecular flexibility index (Phi) is 4.20. The highest BCUT2D eigenvalue weighted by Crippen LogP contribution is 2.12. The van der Waals surface area contributed by atoms with Gasteiger partial charge in [0.25, 0.3) is 0 Å². The van der Waals surface area contributed by atoms with Gasteiger partial charge in [-0.1, -0.05) is 29.8 Å². The number of rotatable bonds is 4. The SMILES string of the molecule is Cc1cccc(CCc2nc(N3CCN[C@@H](C)C3)n[nH]2)c1. The molecule has 0 radical (unpaired) electrons. The normalized spacial score (nSPS) is 19.0. The van der Waals surface area contributed by atoms with Crippen molar-refractivity contribution in [1.29, 1.82) is 0 Å². The molecular formula is C16H23N5. The molecular weight excluding hydrogens is 262 g/mol. The first-order valence-corrected chi connectivity index (χ1v) is 7.66. The second kappa shape index (κ2) is 6.26. The van der Waals surface area contributed by atoms with E-state index in [9.17, 15) is 0 Å². The lowest BCUT2D eigenvalue weighted by Gasteiger charge is -2.30. The highest BCUT2D eigenvalue weighted by Gasteiger charge is 2.19. The third-order valence-electron chi connectivity index (χ3n) is 3.90. The Balaban J connectivity index is 1.60. The van der Waals surface area contributed by atoms with Crippen molar-refractivity contribution in [2.45, 2.75) is 32.7 Å². The van der Waals surface area contributed by atoms with Crippen LogP contribution in [-0.4, -0.2) is 40.9 Å². The summed E-state index contributed by atoms with van der Waals surface area (Å²) in [5, 5.41) is 10.9. The minimum absolute atomic E-state index is 0.494. The molecule has 0 bridgehead atoms. The van der Waals surface area contributed by atoms with Gasteiger partial charge in [-0.25, -0.2) is 0 Å². The van der Waals surface area contributed by atoms with E-state index in [4.69, 9.17) is 0 Å². The zero-order valence-electron chi connectivity index (χ0n) is 12.8. The molecule has 1 aromatic carbocycles. The van der Waals surface area contributed by atoms with Crippen molar-refractivity contribution in [3.63, 3.8) is 0 Å². The largest absolute Gasteiger partial charge is 0.337 e. The number of nitrogens with one attached hydrogen (secondary N) is 2. The van der Waals surface area contributed by atoms with Crippen molar-refractivity contribution in [3.05, 3.63) is 41.2 Å². The van der Waals surface area contributed by atoms with Crippen LogP contribution < -0.4 is 10.2 Å². The average Bonchev–Trinajstić information content (AvgIpc) is 2.94. The van der Waals surface area contributed by atoms with Crippen LogP contribution in [0, 0.1) is 6.92 Å². The summed E-state index contributed by atoms with van der Waals surface area (Å²) in [6, 6.07) is 9.13. The van der Waals surface area contributed by atoms with E-state index in [-0.39, 0.29) is 0 Å². The number of aryl methyl sites for hydroxylation is 3. The molecule has 5 nitrogen and oxygen atoms in total. The van der Waals surface area contributed by atoms with Crippen LogP contribution in [0.4, 0.5) is 5.95 Å². The first-order chi connectivity index (χ1) is 10.2. The fourth-order valence-electron chi connectivity index (χ4n) is 2.78. The van der Waals surface area contributed by atoms with E-state index in [1.807, 2.05) is 0 Å². The first kappa shape index (κ1) is 14.1. The average molecular weight is 285 g/mol. The summed E-state index contributed by atoms with van der Waals surface area (Å²) in [5.41, 5.74) is 2.66. The van der Waals surface area contributed by atoms with E-state index in [0.717, 1.165) is 44.2 Å². The summed E-state index contributed by atoms with van der Waals surface area (Å²) in [5.74, 6) is 1.81. The molecule has 1 aliphatic rings. The number of benzene rings is 1. The Hall–Kier alpha value is -1.88. The second-order valence-electron chi connectivity index (χ2n) is 5.87. The van der Waals surface area contributed by atoms with Gasteiger partial charge in [0, 0.05) is 32.1 Å². The minimum Gasteiger partial charge on any atom is -0.337 e. The summed E-state index contributed by atoms with van der Waals surface area (Å²) in [7, 11) is 0. The van der Waals surface area contributed by atoms with Crippen LogP contribution in [0.3, 0.4) is 0 Å². The van der Waals surface area contributed by atoms with Gasteiger partial charge >= 0.3 is 0 Å². The Morgan fingerprint density at radius 1 is 1.33 bits per heavy atom. The Bertz CT molecular complexity index is 592. The predicted molar refractivity (Wildman–Crippen MR) is 84.6 cm³/mol. The maximum atomic E-state index is 4.64. The van der Waals surface area contributed by atoms with Crippen LogP contribution in [0.1, 0.15) is 23.9 Å². The molecule has 1 aromatic heterocycles. The van der Waals surface area contributed by atoms with E-state index in [1.54, 1.807) is 0 Å². The smallest absolute Gasteiger partial charge is 0.244 e. The standard InChI is InChI=1S/C16H23N5/c1-12-4-3-5-14(10-12)6-7-15-18-16(20-19-15)21-9-8-17-13(2)11-21/h3-5,10,13,17H,6-9,11H2,1-2H3,(H,18,19,20)/t13-/m0/s1. The van der Waals surface area contributed by atoms with Gasteiger partial charge in [0.2, 0.25) is 5.95 Å². The van der Waals surface area contributed by atoms with Gasteiger partial charge in [0.15, 0.2) is 0 Å². The van der Waals surface area contributed by atoms with Crippen molar-refractivity contribution in [1.82, 2.24) is 20.5 Å². The molecule has 2 aromatic rings. The van der Waals surface area contributed by atoms with E-state index < -0.39 is 0 Å². The monoisotopic (exact) mass is 285 g/mol. The summed E-state index contributed by atoms with van der Waals surface area (Å²) in [6.07, 6.45) is 1.90. The molecule has 0 unspecified atom stereocenters. The molecule has 3 rings (SSSR count). The molecule has 2 heterocycles. The fraction of sp³-hybridized carbons (Fsp3) is 0.500. The molecule has 1 saturated heterocycles. The fourth-order valence-corrected chi connectivity index (χ4v) is 2.78. The highest BCUT2D eigenvalue weighted by molar-refractivity contribution is 5.30.